The molecule has 5 rings (SSSR count). The number of esters is 1. The van der Waals surface area contributed by atoms with Crippen LogP contribution in [0.5, 0.6) is 17.2 Å². The van der Waals surface area contributed by atoms with E-state index in [1.807, 2.05) is 42.5 Å². The molecule has 1 aromatic heterocycles. The van der Waals surface area contributed by atoms with Gasteiger partial charge in [0.05, 0.1) is 47.1 Å². The fourth-order valence-corrected chi connectivity index (χ4v) is 6.58. The number of methoxy groups -OCH3 is 2. The zero-order valence-electron chi connectivity index (χ0n) is 23.9. The molecule has 0 radical (unpaired) electrons. The van der Waals surface area contributed by atoms with Gasteiger partial charge >= 0.3 is 5.97 Å². The predicted octanol–water partition coefficient (Wildman–Crippen LogP) is 5.81. The minimum absolute atomic E-state index is 0.199. The molecule has 0 spiro atoms. The highest BCUT2D eigenvalue weighted by Gasteiger charge is 2.33. The van der Waals surface area contributed by atoms with E-state index in [1.165, 1.54) is 11.3 Å². The molecule has 43 heavy (non-hydrogen) atoms. The Morgan fingerprint density at radius 1 is 1.12 bits per heavy atom. The van der Waals surface area contributed by atoms with Crippen molar-refractivity contribution in [2.24, 2.45) is 4.99 Å². The van der Waals surface area contributed by atoms with E-state index in [0.29, 0.717) is 52.9 Å². The number of carbonyl (C=O) groups excluding carboxylic acids is 1. The maximum Gasteiger partial charge on any atom is 0.338 e. The van der Waals surface area contributed by atoms with E-state index in [9.17, 15) is 9.59 Å². The lowest BCUT2D eigenvalue weighted by atomic mass is 9.96. The monoisotopic (exact) mass is 682 g/mol. The Hall–Kier alpha value is -3.86. The van der Waals surface area contributed by atoms with Crippen molar-refractivity contribution >= 4 is 50.9 Å². The van der Waals surface area contributed by atoms with Crippen molar-refractivity contribution in [3.8, 4) is 17.2 Å². The number of halogens is 2. The largest absolute Gasteiger partial charge is 0.497 e. The second kappa shape index (κ2) is 13.2. The average molecular weight is 684 g/mol. The summed E-state index contributed by atoms with van der Waals surface area (Å²) in [5.74, 6) is 1.14. The van der Waals surface area contributed by atoms with Crippen LogP contribution in [-0.2, 0) is 16.1 Å². The van der Waals surface area contributed by atoms with Crippen LogP contribution in [0.1, 0.15) is 36.6 Å². The second-order valence-electron chi connectivity index (χ2n) is 9.49. The molecule has 0 amide bonds. The molecule has 3 aromatic carbocycles. The summed E-state index contributed by atoms with van der Waals surface area (Å²) < 4.78 is 25.0. The van der Waals surface area contributed by atoms with Crippen LogP contribution < -0.4 is 29.1 Å². The molecule has 4 aromatic rings. The van der Waals surface area contributed by atoms with Crippen LogP contribution in [-0.4, -0.2) is 31.4 Å². The van der Waals surface area contributed by atoms with Gasteiger partial charge in [0.2, 0.25) is 0 Å². The molecule has 0 fully saturated rings. The number of allylic oxidation sites excluding steroid dienone is 1. The fourth-order valence-electron chi connectivity index (χ4n) is 4.77. The van der Waals surface area contributed by atoms with E-state index < -0.39 is 12.0 Å². The number of hydrogen-bond acceptors (Lipinski definition) is 8. The number of aromatic nitrogens is 1. The van der Waals surface area contributed by atoms with E-state index in [2.05, 4.69) is 20.9 Å². The Morgan fingerprint density at radius 2 is 1.86 bits per heavy atom. The Labute approximate surface area is 265 Å². The summed E-state index contributed by atoms with van der Waals surface area (Å²) in [5.41, 5.74) is 2.81. The molecule has 0 N–H and O–H groups in total. The third-order valence-corrected chi connectivity index (χ3v) is 8.77. The molecule has 0 bridgehead atoms. The number of nitrogens with zero attached hydrogens (tertiary/aromatic N) is 2. The van der Waals surface area contributed by atoms with Gasteiger partial charge in [0, 0.05) is 10.6 Å². The number of benzene rings is 3. The first kappa shape index (κ1) is 30.6. The molecule has 0 aliphatic carbocycles. The number of carbonyl (C=O) groups is 1. The number of thiazole rings is 1. The van der Waals surface area contributed by atoms with Crippen molar-refractivity contribution in [2.45, 2.75) is 26.5 Å². The zero-order valence-corrected chi connectivity index (χ0v) is 27.0. The first-order valence-electron chi connectivity index (χ1n) is 13.3. The maximum absolute atomic E-state index is 14.0. The van der Waals surface area contributed by atoms with Gasteiger partial charge in [-0.2, -0.15) is 0 Å². The number of hydrogen-bond donors (Lipinski definition) is 0. The minimum atomic E-state index is -0.717. The first-order valence-corrected chi connectivity index (χ1v) is 15.3. The van der Waals surface area contributed by atoms with Crippen molar-refractivity contribution < 1.29 is 23.7 Å². The lowest BCUT2D eigenvalue weighted by Gasteiger charge is -2.24. The molecule has 2 heterocycles. The Morgan fingerprint density at radius 3 is 2.53 bits per heavy atom. The van der Waals surface area contributed by atoms with E-state index in [1.54, 1.807) is 56.9 Å². The summed E-state index contributed by atoms with van der Waals surface area (Å²) in [6.45, 7) is 3.94. The van der Waals surface area contributed by atoms with Crippen molar-refractivity contribution in [1.82, 2.24) is 4.57 Å². The highest BCUT2D eigenvalue weighted by molar-refractivity contribution is 9.10. The summed E-state index contributed by atoms with van der Waals surface area (Å²) in [5, 5.41) is 0.610. The zero-order chi connectivity index (χ0) is 30.7. The second-order valence-corrected chi connectivity index (χ2v) is 11.8. The quantitative estimate of drug-likeness (QED) is 0.207. The van der Waals surface area contributed by atoms with Crippen LogP contribution in [0, 0.1) is 0 Å². The Balaban J connectivity index is 1.58. The highest BCUT2D eigenvalue weighted by Crippen LogP contribution is 2.38. The van der Waals surface area contributed by atoms with E-state index in [-0.39, 0.29) is 18.8 Å². The first-order chi connectivity index (χ1) is 20.7. The molecule has 222 valence electrons. The molecule has 0 saturated carbocycles. The summed E-state index contributed by atoms with van der Waals surface area (Å²) in [6.07, 6.45) is 1.77. The predicted molar refractivity (Wildman–Crippen MR) is 170 cm³/mol. The molecular formula is C32H28BrClN2O6S. The molecule has 11 heteroatoms. The third kappa shape index (κ3) is 6.27. The van der Waals surface area contributed by atoms with Crippen molar-refractivity contribution in [1.29, 1.82) is 0 Å². The van der Waals surface area contributed by atoms with Gasteiger partial charge < -0.3 is 18.9 Å². The molecule has 1 aliphatic heterocycles. The van der Waals surface area contributed by atoms with Gasteiger partial charge in [0.15, 0.2) is 16.3 Å². The van der Waals surface area contributed by atoms with Crippen LogP contribution in [0.4, 0.5) is 0 Å². The molecular weight excluding hydrogens is 656 g/mol. The van der Waals surface area contributed by atoms with Gasteiger partial charge in [-0.25, -0.2) is 9.79 Å². The summed E-state index contributed by atoms with van der Waals surface area (Å²) in [4.78, 5) is 32.2. The lowest BCUT2D eigenvalue weighted by Crippen LogP contribution is -2.39. The number of ether oxygens (including phenoxy) is 4. The lowest BCUT2D eigenvalue weighted by molar-refractivity contribution is -0.139. The van der Waals surface area contributed by atoms with Crippen LogP contribution in [0.25, 0.3) is 6.08 Å². The minimum Gasteiger partial charge on any atom is -0.497 e. The number of rotatable bonds is 9. The van der Waals surface area contributed by atoms with Gasteiger partial charge in [-0.1, -0.05) is 53.3 Å². The highest BCUT2D eigenvalue weighted by atomic mass is 79.9. The van der Waals surface area contributed by atoms with E-state index in [0.717, 1.165) is 11.1 Å². The Kier molecular flexibility index (Phi) is 9.39. The van der Waals surface area contributed by atoms with E-state index in [4.69, 9.17) is 30.5 Å². The van der Waals surface area contributed by atoms with Crippen LogP contribution in [0.2, 0.25) is 5.02 Å². The normalized spacial score (nSPS) is 14.7. The Bertz CT molecular complexity index is 1900. The molecule has 1 atom stereocenters. The SMILES string of the molecule is CCOC(=O)C1=C(C)N=c2s/c(=C/c3cc(Br)c(OCc4ccccc4Cl)c(OC)c3)c(=O)n2[C@H]1c1ccc(OC)cc1. The standard InChI is InChI=1S/C32H28BrClN2O6S/c1-5-41-31(38)27-18(2)35-32-36(28(27)20-10-12-22(39-3)13-11-20)30(37)26(43-32)16-19-14-23(33)29(25(15-19)40-4)42-17-21-8-6-7-9-24(21)34/h6-16,28H,5,17H2,1-4H3/b26-16+/t28-/m0/s1. The van der Waals surface area contributed by atoms with Crippen molar-refractivity contribution in [2.75, 3.05) is 20.8 Å². The van der Waals surface area contributed by atoms with E-state index >= 15 is 0 Å². The average Bonchev–Trinajstić information content (AvgIpc) is 3.30. The molecule has 0 unspecified atom stereocenters. The van der Waals surface area contributed by atoms with Gasteiger partial charge in [0.25, 0.3) is 5.56 Å². The maximum atomic E-state index is 14.0. The van der Waals surface area contributed by atoms with Crippen molar-refractivity contribution in [3.05, 3.63) is 118 Å². The fraction of sp³-hybridized carbons (Fsp3) is 0.219. The number of fused-ring (bicyclic) bond motifs is 1. The third-order valence-electron chi connectivity index (χ3n) is 6.83. The van der Waals surface area contributed by atoms with Crippen LogP contribution in [0.3, 0.4) is 0 Å². The smallest absolute Gasteiger partial charge is 0.338 e. The van der Waals surface area contributed by atoms with Gasteiger partial charge in [-0.15, -0.1) is 0 Å². The van der Waals surface area contributed by atoms with Crippen LogP contribution >= 0.6 is 38.9 Å². The summed E-state index contributed by atoms with van der Waals surface area (Å²) in [6, 6.07) is 17.6. The van der Waals surface area contributed by atoms with Gasteiger partial charge in [-0.05, 0) is 77.3 Å². The summed E-state index contributed by atoms with van der Waals surface area (Å²) in [7, 11) is 3.13. The molecule has 8 nitrogen and oxygen atoms in total. The topological polar surface area (TPSA) is 88.4 Å². The van der Waals surface area contributed by atoms with Gasteiger partial charge in [0.1, 0.15) is 12.4 Å². The van der Waals surface area contributed by atoms with Gasteiger partial charge in [-0.3, -0.25) is 9.36 Å². The summed E-state index contributed by atoms with van der Waals surface area (Å²) >= 11 is 11.1. The van der Waals surface area contributed by atoms with Crippen LogP contribution in [0.15, 0.2) is 86.2 Å². The molecule has 1 aliphatic rings. The molecule has 0 saturated heterocycles. The van der Waals surface area contributed by atoms with Crippen molar-refractivity contribution in [3.63, 3.8) is 0 Å².